The van der Waals surface area contributed by atoms with Gasteiger partial charge >= 0.3 is 0 Å². The molecule has 3 rings (SSSR count). The molecule has 0 saturated carbocycles. The molecule has 0 aromatic heterocycles. The van der Waals surface area contributed by atoms with E-state index in [4.69, 9.17) is 5.73 Å². The minimum Gasteiger partial charge on any atom is -0.401 e. The molecule has 4 nitrogen and oxygen atoms in total. The van der Waals surface area contributed by atoms with Gasteiger partial charge in [0.05, 0.1) is 11.7 Å². The van der Waals surface area contributed by atoms with E-state index in [0.717, 1.165) is 54.5 Å². The van der Waals surface area contributed by atoms with Crippen molar-refractivity contribution in [3.05, 3.63) is 82.1 Å². The number of hydrogen-bond donors (Lipinski definition) is 4. The van der Waals surface area contributed by atoms with Gasteiger partial charge in [0.1, 0.15) is 0 Å². The van der Waals surface area contributed by atoms with Gasteiger partial charge in [0.25, 0.3) is 0 Å². The molecule has 0 radical (unpaired) electrons. The van der Waals surface area contributed by atoms with Gasteiger partial charge in [-0.2, -0.15) is 0 Å². The number of hydrogen-bond acceptors (Lipinski definition) is 5. The molecule has 172 valence electrons. The minimum absolute atomic E-state index is 0.166. The van der Waals surface area contributed by atoms with Crippen LogP contribution < -0.4 is 16.4 Å². The SMILES string of the molecule is C=C/C(S)=C\C(=C/C)NC1CCN/C(=C(/C)N)c2ccc(C3=CCN(C(C)C)CC3)cc21. The summed E-state index contributed by atoms with van der Waals surface area (Å²) in [6, 6.07) is 7.60. The largest absolute Gasteiger partial charge is 0.401 e. The number of rotatable bonds is 6. The Morgan fingerprint density at radius 1 is 1.38 bits per heavy atom. The van der Waals surface area contributed by atoms with Crippen molar-refractivity contribution in [2.24, 2.45) is 5.73 Å². The van der Waals surface area contributed by atoms with Gasteiger partial charge in [0.15, 0.2) is 0 Å². The second-order valence-corrected chi connectivity index (χ2v) is 9.37. The molecule has 0 saturated heterocycles. The van der Waals surface area contributed by atoms with E-state index in [-0.39, 0.29) is 6.04 Å². The number of benzene rings is 1. The van der Waals surface area contributed by atoms with E-state index in [9.17, 15) is 0 Å². The van der Waals surface area contributed by atoms with Crippen LogP contribution in [0.5, 0.6) is 0 Å². The molecule has 2 heterocycles. The van der Waals surface area contributed by atoms with E-state index in [1.54, 1.807) is 6.08 Å². The van der Waals surface area contributed by atoms with E-state index in [0.29, 0.717) is 6.04 Å². The van der Waals surface area contributed by atoms with Crippen molar-refractivity contribution >= 4 is 23.9 Å². The Labute approximate surface area is 199 Å². The number of nitrogens with one attached hydrogen (secondary N) is 2. The van der Waals surface area contributed by atoms with Gasteiger partial charge in [-0.3, -0.25) is 4.90 Å². The second kappa shape index (κ2) is 11.0. The first kappa shape index (κ1) is 24.3. The highest BCUT2D eigenvalue weighted by Gasteiger charge is 2.24. The zero-order valence-electron chi connectivity index (χ0n) is 19.9. The van der Waals surface area contributed by atoms with Crippen molar-refractivity contribution < 1.29 is 0 Å². The molecule has 4 N–H and O–H groups in total. The number of fused-ring (bicyclic) bond motifs is 1. The molecule has 1 aromatic rings. The zero-order chi connectivity index (χ0) is 23.3. The van der Waals surface area contributed by atoms with E-state index < -0.39 is 0 Å². The van der Waals surface area contributed by atoms with Gasteiger partial charge in [0, 0.05) is 47.5 Å². The summed E-state index contributed by atoms with van der Waals surface area (Å²) in [6.45, 7) is 15.3. The highest BCUT2D eigenvalue weighted by molar-refractivity contribution is 7.84. The lowest BCUT2D eigenvalue weighted by atomic mass is 9.90. The molecule has 0 bridgehead atoms. The Hall–Kier alpha value is -2.37. The van der Waals surface area contributed by atoms with Gasteiger partial charge in [-0.1, -0.05) is 36.9 Å². The highest BCUT2D eigenvalue weighted by Crippen LogP contribution is 2.34. The average Bonchev–Trinajstić information content (AvgIpc) is 2.97. The number of nitrogens with two attached hydrogens (primary N) is 1. The monoisotopic (exact) mass is 450 g/mol. The van der Waals surface area contributed by atoms with Crippen LogP contribution in [0.1, 0.15) is 63.3 Å². The van der Waals surface area contributed by atoms with Crippen molar-refractivity contribution in [1.29, 1.82) is 0 Å². The Bertz CT molecular complexity index is 964. The predicted molar refractivity (Wildman–Crippen MR) is 142 cm³/mol. The molecule has 0 spiro atoms. The zero-order valence-corrected chi connectivity index (χ0v) is 20.8. The Balaban J connectivity index is 2.01. The number of thiol groups is 1. The van der Waals surface area contributed by atoms with E-state index in [2.05, 4.69) is 78.9 Å². The van der Waals surface area contributed by atoms with Gasteiger partial charge < -0.3 is 16.4 Å². The molecule has 0 amide bonds. The fourth-order valence-electron chi connectivity index (χ4n) is 4.42. The van der Waals surface area contributed by atoms with Crippen molar-refractivity contribution in [2.75, 3.05) is 19.6 Å². The molecule has 1 unspecified atom stereocenters. The number of allylic oxidation sites excluding steroid dienone is 4. The Kier molecular flexibility index (Phi) is 8.32. The summed E-state index contributed by atoms with van der Waals surface area (Å²) in [5.74, 6) is 0. The Morgan fingerprint density at radius 2 is 2.16 bits per heavy atom. The summed E-state index contributed by atoms with van der Waals surface area (Å²) in [6.07, 6.45) is 10.3. The summed E-state index contributed by atoms with van der Waals surface area (Å²) in [4.78, 5) is 3.35. The van der Waals surface area contributed by atoms with Gasteiger partial charge in [-0.15, -0.1) is 12.6 Å². The first-order chi connectivity index (χ1) is 15.3. The van der Waals surface area contributed by atoms with Crippen LogP contribution in [0.3, 0.4) is 0 Å². The molecular weight excluding hydrogens is 412 g/mol. The fraction of sp³-hybridized carbons (Fsp3) is 0.407. The van der Waals surface area contributed by atoms with Gasteiger partial charge in [-0.25, -0.2) is 0 Å². The molecule has 2 aliphatic heterocycles. The molecule has 1 aromatic carbocycles. The lowest BCUT2D eigenvalue weighted by Crippen LogP contribution is -2.34. The van der Waals surface area contributed by atoms with Crippen LogP contribution in [0.25, 0.3) is 11.3 Å². The average molecular weight is 451 g/mol. The topological polar surface area (TPSA) is 53.3 Å². The summed E-state index contributed by atoms with van der Waals surface area (Å²) in [5.41, 5.74) is 14.4. The molecule has 32 heavy (non-hydrogen) atoms. The second-order valence-electron chi connectivity index (χ2n) is 8.86. The standard InChI is InChI=1S/C27H38N4S/c1-6-22(17-23(32)7-2)30-26-10-13-29-27(19(5)28)24-9-8-21(16-25(24)26)20-11-14-31(15-12-20)18(3)4/h6-9,11,16-18,26,29-30,32H,2,10,12-15,28H2,1,3-5H3/b22-6+,23-17+,27-19-. The van der Waals surface area contributed by atoms with Crippen LogP contribution >= 0.6 is 12.6 Å². The van der Waals surface area contributed by atoms with Crippen molar-refractivity contribution in [3.8, 4) is 0 Å². The van der Waals surface area contributed by atoms with Crippen LogP contribution in [-0.4, -0.2) is 30.6 Å². The molecule has 0 aliphatic carbocycles. The van der Waals surface area contributed by atoms with Crippen LogP contribution in [-0.2, 0) is 0 Å². The lowest BCUT2D eigenvalue weighted by Gasteiger charge is -2.30. The van der Waals surface area contributed by atoms with E-state index in [1.165, 1.54) is 22.3 Å². The molecular formula is C27H38N4S. The Morgan fingerprint density at radius 3 is 2.75 bits per heavy atom. The molecule has 2 aliphatic rings. The first-order valence-electron chi connectivity index (χ1n) is 11.6. The van der Waals surface area contributed by atoms with Crippen molar-refractivity contribution in [1.82, 2.24) is 15.5 Å². The molecule has 0 fully saturated rings. The van der Waals surface area contributed by atoms with Crippen molar-refractivity contribution in [2.45, 2.75) is 52.6 Å². The third-order valence-electron chi connectivity index (χ3n) is 6.33. The molecule has 1 atom stereocenters. The maximum absolute atomic E-state index is 6.27. The van der Waals surface area contributed by atoms with Crippen LogP contribution in [0.15, 0.2) is 65.4 Å². The van der Waals surface area contributed by atoms with Crippen molar-refractivity contribution in [3.63, 3.8) is 0 Å². The lowest BCUT2D eigenvalue weighted by molar-refractivity contribution is 0.245. The normalized spacial score (nSPS) is 21.9. The maximum atomic E-state index is 6.27. The van der Waals surface area contributed by atoms with Gasteiger partial charge in [-0.05, 0) is 69.4 Å². The van der Waals surface area contributed by atoms with Crippen LogP contribution in [0, 0.1) is 0 Å². The third-order valence-corrected chi connectivity index (χ3v) is 6.64. The first-order valence-corrected chi connectivity index (χ1v) is 12.0. The summed E-state index contributed by atoms with van der Waals surface area (Å²) in [5, 5.41) is 7.29. The minimum atomic E-state index is 0.166. The van der Waals surface area contributed by atoms with E-state index in [1.807, 2.05) is 19.9 Å². The van der Waals surface area contributed by atoms with Crippen LogP contribution in [0.2, 0.25) is 0 Å². The number of nitrogens with zero attached hydrogens (tertiary/aromatic N) is 1. The fourth-order valence-corrected chi connectivity index (χ4v) is 4.56. The maximum Gasteiger partial charge on any atom is 0.0605 e. The quantitative estimate of drug-likeness (QED) is 0.348. The third kappa shape index (κ3) is 5.70. The summed E-state index contributed by atoms with van der Waals surface area (Å²) in [7, 11) is 0. The summed E-state index contributed by atoms with van der Waals surface area (Å²) < 4.78 is 0. The smallest absolute Gasteiger partial charge is 0.0605 e. The predicted octanol–water partition coefficient (Wildman–Crippen LogP) is 5.36. The molecule has 5 heteroatoms. The van der Waals surface area contributed by atoms with E-state index >= 15 is 0 Å². The van der Waals surface area contributed by atoms with Crippen LogP contribution in [0.4, 0.5) is 0 Å². The van der Waals surface area contributed by atoms with Gasteiger partial charge in [0.2, 0.25) is 0 Å². The highest BCUT2D eigenvalue weighted by atomic mass is 32.1. The summed E-state index contributed by atoms with van der Waals surface area (Å²) >= 11 is 4.48.